The van der Waals surface area contributed by atoms with E-state index in [4.69, 9.17) is 16.3 Å². The minimum Gasteiger partial charge on any atom is -0.379 e. The zero-order valence-electron chi connectivity index (χ0n) is 17.4. The van der Waals surface area contributed by atoms with Crippen molar-refractivity contribution >= 4 is 22.9 Å². The second kappa shape index (κ2) is 10.8. The third-order valence-corrected chi connectivity index (χ3v) is 7.37. The van der Waals surface area contributed by atoms with E-state index in [0.717, 1.165) is 50.6 Å². The van der Waals surface area contributed by atoms with Crippen LogP contribution >= 0.6 is 22.9 Å². The van der Waals surface area contributed by atoms with Gasteiger partial charge in [0.05, 0.1) is 13.2 Å². The SMILES string of the molecule is CC(C)(CCc1ccc(CCCc2ccccc2Cl)s1)CCN1CCOCC1. The van der Waals surface area contributed by atoms with Crippen molar-refractivity contribution in [2.75, 3.05) is 32.8 Å². The molecule has 1 aliphatic rings. The molecule has 0 spiro atoms. The van der Waals surface area contributed by atoms with Crippen LogP contribution in [-0.2, 0) is 24.0 Å². The van der Waals surface area contributed by atoms with Gasteiger partial charge in [-0.2, -0.15) is 0 Å². The summed E-state index contributed by atoms with van der Waals surface area (Å²) in [5.74, 6) is 0. The highest BCUT2D eigenvalue weighted by molar-refractivity contribution is 7.11. The minimum atomic E-state index is 0.395. The second-order valence-corrected chi connectivity index (χ2v) is 10.3. The maximum Gasteiger partial charge on any atom is 0.0594 e. The van der Waals surface area contributed by atoms with Gasteiger partial charge in [-0.3, -0.25) is 4.90 Å². The summed E-state index contributed by atoms with van der Waals surface area (Å²) in [5.41, 5.74) is 1.66. The molecule has 3 rings (SSSR count). The van der Waals surface area contributed by atoms with Crippen LogP contribution in [0.2, 0.25) is 5.02 Å². The number of rotatable bonds is 10. The summed E-state index contributed by atoms with van der Waals surface area (Å²) in [7, 11) is 0. The zero-order valence-corrected chi connectivity index (χ0v) is 19.0. The molecule has 0 aliphatic carbocycles. The summed E-state index contributed by atoms with van der Waals surface area (Å²) in [6.45, 7) is 10.0. The molecular formula is C24H34ClNOS. The van der Waals surface area contributed by atoms with Crippen LogP contribution in [-0.4, -0.2) is 37.7 Å². The van der Waals surface area contributed by atoms with Crippen LogP contribution < -0.4 is 0 Å². The molecule has 0 N–H and O–H groups in total. The fraction of sp³-hybridized carbons (Fsp3) is 0.583. The average Bonchev–Trinajstić information content (AvgIpc) is 3.15. The number of ether oxygens (including phenoxy) is 1. The van der Waals surface area contributed by atoms with Crippen molar-refractivity contribution in [2.24, 2.45) is 5.41 Å². The Hall–Kier alpha value is -0.870. The van der Waals surface area contributed by atoms with Crippen LogP contribution in [0.1, 0.15) is 48.4 Å². The van der Waals surface area contributed by atoms with E-state index in [0.29, 0.717) is 5.41 Å². The van der Waals surface area contributed by atoms with E-state index in [9.17, 15) is 0 Å². The molecule has 0 saturated carbocycles. The van der Waals surface area contributed by atoms with Gasteiger partial charge in [0.15, 0.2) is 0 Å². The number of morpholine rings is 1. The Morgan fingerprint density at radius 3 is 2.43 bits per heavy atom. The third-order valence-electron chi connectivity index (χ3n) is 5.80. The molecule has 0 amide bonds. The van der Waals surface area contributed by atoms with Crippen molar-refractivity contribution in [3.05, 3.63) is 56.7 Å². The number of hydrogen-bond acceptors (Lipinski definition) is 3. The van der Waals surface area contributed by atoms with Crippen LogP contribution in [0.5, 0.6) is 0 Å². The Labute approximate surface area is 179 Å². The van der Waals surface area contributed by atoms with Crippen LogP contribution in [0.25, 0.3) is 0 Å². The summed E-state index contributed by atoms with van der Waals surface area (Å²) in [4.78, 5) is 5.59. The Bertz CT molecular complexity index is 721. The van der Waals surface area contributed by atoms with Crippen molar-refractivity contribution in [1.82, 2.24) is 4.90 Å². The molecule has 1 fully saturated rings. The molecule has 1 saturated heterocycles. The van der Waals surface area contributed by atoms with Crippen molar-refractivity contribution in [3.8, 4) is 0 Å². The molecule has 0 atom stereocenters. The molecule has 0 radical (unpaired) electrons. The second-order valence-electron chi connectivity index (χ2n) is 8.68. The third kappa shape index (κ3) is 7.18. The number of halogens is 1. The first kappa shape index (κ1) is 21.8. The number of nitrogens with zero attached hydrogens (tertiary/aromatic N) is 1. The highest BCUT2D eigenvalue weighted by Crippen LogP contribution is 2.30. The summed E-state index contributed by atoms with van der Waals surface area (Å²) in [5, 5.41) is 0.897. The fourth-order valence-corrected chi connectivity index (χ4v) is 5.01. The monoisotopic (exact) mass is 419 g/mol. The Morgan fingerprint density at radius 1 is 0.964 bits per heavy atom. The topological polar surface area (TPSA) is 12.5 Å². The lowest BCUT2D eigenvalue weighted by Gasteiger charge is -2.31. The van der Waals surface area contributed by atoms with E-state index >= 15 is 0 Å². The summed E-state index contributed by atoms with van der Waals surface area (Å²) in [6.07, 6.45) is 7.10. The number of aryl methyl sites for hydroxylation is 3. The van der Waals surface area contributed by atoms with Crippen LogP contribution in [0, 0.1) is 5.41 Å². The molecule has 1 aliphatic heterocycles. The molecule has 2 heterocycles. The first-order chi connectivity index (χ1) is 13.5. The number of thiophene rings is 1. The summed E-state index contributed by atoms with van der Waals surface area (Å²) < 4.78 is 5.45. The van der Waals surface area contributed by atoms with Gasteiger partial charge in [-0.1, -0.05) is 43.6 Å². The molecule has 2 aromatic rings. The van der Waals surface area contributed by atoms with Gasteiger partial charge < -0.3 is 4.74 Å². The van der Waals surface area contributed by atoms with Gasteiger partial charge in [0.1, 0.15) is 0 Å². The van der Waals surface area contributed by atoms with Crippen LogP contribution in [0.3, 0.4) is 0 Å². The Kier molecular flexibility index (Phi) is 8.40. The van der Waals surface area contributed by atoms with Gasteiger partial charge in [0, 0.05) is 27.9 Å². The van der Waals surface area contributed by atoms with Gasteiger partial charge in [-0.15, -0.1) is 11.3 Å². The van der Waals surface area contributed by atoms with Gasteiger partial charge in [0.25, 0.3) is 0 Å². The maximum absolute atomic E-state index is 6.26. The van der Waals surface area contributed by atoms with E-state index < -0.39 is 0 Å². The largest absolute Gasteiger partial charge is 0.379 e. The number of benzene rings is 1. The van der Waals surface area contributed by atoms with Gasteiger partial charge in [-0.25, -0.2) is 0 Å². The highest BCUT2D eigenvalue weighted by atomic mass is 35.5. The number of hydrogen-bond donors (Lipinski definition) is 0. The van der Waals surface area contributed by atoms with Crippen molar-refractivity contribution in [1.29, 1.82) is 0 Å². The van der Waals surface area contributed by atoms with E-state index in [2.05, 4.69) is 43.0 Å². The standard InChI is InChI=1S/C24H34ClNOS/c1-24(2,14-15-26-16-18-27-19-17-26)13-12-22-11-10-21(28-22)8-5-7-20-6-3-4-9-23(20)25/h3-4,6,9-11H,5,7-8,12-19H2,1-2H3. The van der Waals surface area contributed by atoms with Crippen molar-refractivity contribution in [3.63, 3.8) is 0 Å². The van der Waals surface area contributed by atoms with E-state index in [1.54, 1.807) is 0 Å². The molecule has 0 bridgehead atoms. The highest BCUT2D eigenvalue weighted by Gasteiger charge is 2.20. The maximum atomic E-state index is 6.26. The Balaban J connectivity index is 1.38. The average molecular weight is 420 g/mol. The first-order valence-corrected chi connectivity index (χ1v) is 11.8. The van der Waals surface area contributed by atoms with Crippen molar-refractivity contribution < 1.29 is 4.74 Å². The predicted octanol–water partition coefficient (Wildman–Crippen LogP) is 6.26. The molecule has 154 valence electrons. The summed E-state index contributed by atoms with van der Waals surface area (Å²) in [6, 6.07) is 12.9. The van der Waals surface area contributed by atoms with Gasteiger partial charge in [0.2, 0.25) is 0 Å². The quantitative estimate of drug-likeness (QED) is 0.450. The molecule has 2 nitrogen and oxygen atoms in total. The van der Waals surface area contributed by atoms with Crippen LogP contribution in [0.4, 0.5) is 0 Å². The lowest BCUT2D eigenvalue weighted by Crippen LogP contribution is -2.38. The van der Waals surface area contributed by atoms with Crippen molar-refractivity contribution in [2.45, 2.75) is 52.4 Å². The fourth-order valence-electron chi connectivity index (χ4n) is 3.72. The molecule has 28 heavy (non-hydrogen) atoms. The lowest BCUT2D eigenvalue weighted by atomic mass is 9.84. The Morgan fingerprint density at radius 2 is 1.68 bits per heavy atom. The smallest absolute Gasteiger partial charge is 0.0594 e. The molecule has 4 heteroatoms. The first-order valence-electron chi connectivity index (χ1n) is 10.6. The molecular weight excluding hydrogens is 386 g/mol. The minimum absolute atomic E-state index is 0.395. The van der Waals surface area contributed by atoms with Gasteiger partial charge >= 0.3 is 0 Å². The van der Waals surface area contributed by atoms with E-state index in [1.165, 1.54) is 41.1 Å². The van der Waals surface area contributed by atoms with Gasteiger partial charge in [-0.05, 0) is 74.2 Å². The zero-order chi connectivity index (χ0) is 19.8. The van der Waals surface area contributed by atoms with Crippen LogP contribution in [0.15, 0.2) is 36.4 Å². The molecule has 1 aromatic carbocycles. The normalized spacial score (nSPS) is 15.8. The summed E-state index contributed by atoms with van der Waals surface area (Å²) >= 11 is 8.26. The lowest BCUT2D eigenvalue weighted by molar-refractivity contribution is 0.0323. The predicted molar refractivity (Wildman–Crippen MR) is 122 cm³/mol. The molecule has 0 unspecified atom stereocenters. The van der Waals surface area contributed by atoms with E-state index in [-0.39, 0.29) is 0 Å². The molecule has 1 aromatic heterocycles. The van der Waals surface area contributed by atoms with E-state index in [1.807, 2.05) is 23.5 Å².